The van der Waals surface area contributed by atoms with Crippen molar-refractivity contribution in [2.75, 3.05) is 11.1 Å². The van der Waals surface area contributed by atoms with Gasteiger partial charge < -0.3 is 11.1 Å². The van der Waals surface area contributed by atoms with Gasteiger partial charge in [0, 0.05) is 11.8 Å². The van der Waals surface area contributed by atoms with Crippen LogP contribution >= 0.6 is 0 Å². The lowest BCUT2D eigenvalue weighted by molar-refractivity contribution is -0.144. The minimum Gasteiger partial charge on any atom is -0.384 e. The first-order chi connectivity index (χ1) is 9.25. The minimum atomic E-state index is -4.69. The molecule has 2 rings (SSSR count). The van der Waals surface area contributed by atoms with Crippen molar-refractivity contribution in [3.05, 3.63) is 41.5 Å². The molecule has 0 fully saturated rings. The number of hydrogen-bond acceptors (Lipinski definition) is 4. The van der Waals surface area contributed by atoms with E-state index in [1.54, 1.807) is 6.92 Å². The number of aromatic nitrogens is 2. The van der Waals surface area contributed by atoms with Gasteiger partial charge >= 0.3 is 6.18 Å². The van der Waals surface area contributed by atoms with Gasteiger partial charge in [-0.25, -0.2) is 14.4 Å². The molecule has 3 N–H and O–H groups in total. The van der Waals surface area contributed by atoms with Crippen molar-refractivity contribution in [2.24, 2.45) is 0 Å². The van der Waals surface area contributed by atoms with E-state index in [9.17, 15) is 17.6 Å². The second kappa shape index (κ2) is 4.95. The number of aryl methyl sites for hydroxylation is 1. The van der Waals surface area contributed by atoms with Crippen LogP contribution in [0.2, 0.25) is 0 Å². The predicted octanol–water partition coefficient (Wildman–Crippen LogP) is 3.27. The summed E-state index contributed by atoms with van der Waals surface area (Å²) in [5, 5.41) is 2.65. The number of nitrogens with zero attached hydrogens (tertiary/aromatic N) is 2. The number of rotatable bonds is 2. The molecule has 0 saturated heterocycles. The number of nitrogen functional groups attached to an aromatic ring is 1. The van der Waals surface area contributed by atoms with Gasteiger partial charge in [-0.1, -0.05) is 0 Å². The largest absolute Gasteiger partial charge is 0.451 e. The maximum Gasteiger partial charge on any atom is 0.451 e. The summed E-state index contributed by atoms with van der Waals surface area (Å²) in [6.07, 6.45) is -4.69. The fourth-order valence-corrected chi connectivity index (χ4v) is 1.56. The second-order valence-electron chi connectivity index (χ2n) is 4.08. The molecular formula is C12H10F4N4. The number of hydrogen-bond donors (Lipinski definition) is 2. The SMILES string of the molecule is Cc1cc(F)ccc1Nc1cc(N)nc(C(F)(F)F)n1. The molecule has 0 saturated carbocycles. The first kappa shape index (κ1) is 14.0. The van der Waals surface area contributed by atoms with Crippen molar-refractivity contribution in [3.8, 4) is 0 Å². The molecule has 0 bridgehead atoms. The number of anilines is 3. The van der Waals surface area contributed by atoms with Crippen molar-refractivity contribution in [1.29, 1.82) is 0 Å². The minimum absolute atomic E-state index is 0.112. The third-order valence-electron chi connectivity index (χ3n) is 2.45. The van der Waals surface area contributed by atoms with Crippen molar-refractivity contribution in [2.45, 2.75) is 13.1 Å². The first-order valence-corrected chi connectivity index (χ1v) is 5.50. The van der Waals surface area contributed by atoms with Crippen molar-refractivity contribution < 1.29 is 17.6 Å². The lowest BCUT2D eigenvalue weighted by atomic mass is 10.2. The van der Waals surface area contributed by atoms with Crippen molar-refractivity contribution in [3.63, 3.8) is 0 Å². The van der Waals surface area contributed by atoms with Crippen LogP contribution in [0.15, 0.2) is 24.3 Å². The topological polar surface area (TPSA) is 63.8 Å². The average Bonchev–Trinajstić information content (AvgIpc) is 2.31. The van der Waals surface area contributed by atoms with E-state index in [1.165, 1.54) is 18.2 Å². The lowest BCUT2D eigenvalue weighted by Crippen LogP contribution is -2.13. The van der Waals surface area contributed by atoms with Crippen LogP contribution in [0.3, 0.4) is 0 Å². The average molecular weight is 286 g/mol. The number of nitrogens with two attached hydrogens (primary N) is 1. The smallest absolute Gasteiger partial charge is 0.384 e. The molecule has 1 aromatic carbocycles. The van der Waals surface area contributed by atoms with Gasteiger partial charge in [-0.15, -0.1) is 0 Å². The number of benzene rings is 1. The van der Waals surface area contributed by atoms with Crippen LogP contribution in [-0.4, -0.2) is 9.97 Å². The fourth-order valence-electron chi connectivity index (χ4n) is 1.56. The zero-order valence-corrected chi connectivity index (χ0v) is 10.3. The molecule has 0 aliphatic rings. The molecular weight excluding hydrogens is 276 g/mol. The van der Waals surface area contributed by atoms with Gasteiger partial charge in [0.05, 0.1) is 0 Å². The van der Waals surface area contributed by atoms with Crippen LogP contribution in [0.5, 0.6) is 0 Å². The second-order valence-corrected chi connectivity index (χ2v) is 4.08. The molecule has 0 atom stereocenters. The molecule has 106 valence electrons. The highest BCUT2D eigenvalue weighted by atomic mass is 19.4. The van der Waals surface area contributed by atoms with Gasteiger partial charge in [0.1, 0.15) is 17.5 Å². The molecule has 0 unspecified atom stereocenters. The summed E-state index contributed by atoms with van der Waals surface area (Å²) in [6, 6.07) is 5.00. The predicted molar refractivity (Wildman–Crippen MR) is 65.9 cm³/mol. The maximum atomic E-state index is 12.9. The van der Waals surface area contributed by atoms with E-state index in [4.69, 9.17) is 5.73 Å². The monoisotopic (exact) mass is 286 g/mol. The summed E-state index contributed by atoms with van der Waals surface area (Å²) >= 11 is 0. The third-order valence-corrected chi connectivity index (χ3v) is 2.45. The molecule has 4 nitrogen and oxygen atoms in total. The number of nitrogens with one attached hydrogen (secondary N) is 1. The van der Waals surface area contributed by atoms with E-state index in [1.807, 2.05) is 0 Å². The lowest BCUT2D eigenvalue weighted by Gasteiger charge is -2.11. The molecule has 0 amide bonds. The normalized spacial score (nSPS) is 11.4. The standard InChI is InChI=1S/C12H10F4N4/c1-6-4-7(13)2-3-8(6)18-10-5-9(17)19-11(20-10)12(14,15)16/h2-5H,1H3,(H3,17,18,19,20). The zero-order valence-electron chi connectivity index (χ0n) is 10.3. The Morgan fingerprint density at radius 2 is 1.85 bits per heavy atom. The highest BCUT2D eigenvalue weighted by Gasteiger charge is 2.35. The molecule has 0 radical (unpaired) electrons. The van der Waals surface area contributed by atoms with E-state index in [2.05, 4.69) is 15.3 Å². The highest BCUT2D eigenvalue weighted by molar-refractivity contribution is 5.61. The fraction of sp³-hybridized carbons (Fsp3) is 0.167. The molecule has 2 aromatic rings. The number of halogens is 4. The highest BCUT2D eigenvalue weighted by Crippen LogP contribution is 2.29. The molecule has 20 heavy (non-hydrogen) atoms. The Kier molecular flexibility index (Phi) is 3.47. The van der Waals surface area contributed by atoms with E-state index in [-0.39, 0.29) is 11.6 Å². The molecule has 0 spiro atoms. The first-order valence-electron chi connectivity index (χ1n) is 5.50. The van der Waals surface area contributed by atoms with Gasteiger partial charge in [0.2, 0.25) is 5.82 Å². The summed E-state index contributed by atoms with van der Waals surface area (Å²) in [7, 11) is 0. The summed E-state index contributed by atoms with van der Waals surface area (Å²) in [6.45, 7) is 1.61. The summed E-state index contributed by atoms with van der Waals surface area (Å²) < 4.78 is 50.6. The summed E-state index contributed by atoms with van der Waals surface area (Å²) in [4.78, 5) is 6.47. The van der Waals surface area contributed by atoms with Crippen LogP contribution in [0.25, 0.3) is 0 Å². The van der Waals surface area contributed by atoms with Crippen LogP contribution in [0, 0.1) is 12.7 Å². The summed E-state index contributed by atoms with van der Waals surface area (Å²) in [5.74, 6) is -2.19. The van der Waals surface area contributed by atoms with E-state index in [0.29, 0.717) is 11.3 Å². The Bertz CT molecular complexity index is 640. The molecule has 0 aliphatic heterocycles. The molecule has 8 heteroatoms. The molecule has 0 aliphatic carbocycles. The molecule has 1 aromatic heterocycles. The van der Waals surface area contributed by atoms with Crippen LogP contribution in [0.1, 0.15) is 11.4 Å². The van der Waals surface area contributed by atoms with Crippen molar-refractivity contribution in [1.82, 2.24) is 9.97 Å². The zero-order chi connectivity index (χ0) is 14.9. The Balaban J connectivity index is 2.36. The summed E-state index contributed by atoms with van der Waals surface area (Å²) in [5.41, 5.74) is 6.27. The quantitative estimate of drug-likeness (QED) is 0.832. The maximum absolute atomic E-state index is 12.9. The van der Waals surface area contributed by atoms with Crippen LogP contribution in [-0.2, 0) is 6.18 Å². The van der Waals surface area contributed by atoms with Gasteiger partial charge in [0.15, 0.2) is 0 Å². The van der Waals surface area contributed by atoms with Gasteiger partial charge in [-0.3, -0.25) is 0 Å². The van der Waals surface area contributed by atoms with Gasteiger partial charge in [-0.2, -0.15) is 13.2 Å². The molecule has 1 heterocycles. The van der Waals surface area contributed by atoms with Crippen LogP contribution in [0.4, 0.5) is 34.9 Å². The third kappa shape index (κ3) is 3.14. The van der Waals surface area contributed by atoms with Crippen molar-refractivity contribution >= 4 is 17.3 Å². The van der Waals surface area contributed by atoms with E-state index < -0.39 is 17.8 Å². The Morgan fingerprint density at radius 3 is 2.45 bits per heavy atom. The Hall–Kier alpha value is -2.38. The van der Waals surface area contributed by atoms with Gasteiger partial charge in [0.25, 0.3) is 0 Å². The van der Waals surface area contributed by atoms with E-state index in [0.717, 1.165) is 6.07 Å². The van der Waals surface area contributed by atoms with Crippen LogP contribution < -0.4 is 11.1 Å². The van der Waals surface area contributed by atoms with Gasteiger partial charge in [-0.05, 0) is 30.7 Å². The Labute approximate surface area is 111 Å². The number of alkyl halides is 3. The van der Waals surface area contributed by atoms with E-state index >= 15 is 0 Å². The Morgan fingerprint density at radius 1 is 1.15 bits per heavy atom.